The molecule has 1 aromatic rings. The van der Waals surface area contributed by atoms with Crippen LogP contribution in [0.4, 0.5) is 0 Å². The van der Waals surface area contributed by atoms with Gasteiger partial charge in [-0.15, -0.1) is 0 Å². The number of aromatic hydroxyl groups is 2. The number of carbonyl (C=O) groups excluding carboxylic acids is 1. The van der Waals surface area contributed by atoms with Crippen LogP contribution in [-0.4, -0.2) is 44.8 Å². The molecule has 2 unspecified atom stereocenters. The van der Waals surface area contributed by atoms with Gasteiger partial charge < -0.3 is 20.2 Å². The SMILES string of the molecule is CC(O)CC1CCCCN1C(=O)c1cccc(O)c1O. The van der Waals surface area contributed by atoms with E-state index in [-0.39, 0.29) is 29.0 Å². The second-order valence-corrected chi connectivity index (χ2v) is 5.41. The Morgan fingerprint density at radius 2 is 2.15 bits per heavy atom. The number of phenolic OH excluding ortho intramolecular Hbond substituents is 2. The molecule has 1 fully saturated rings. The Kier molecular flexibility index (Phi) is 4.49. The van der Waals surface area contributed by atoms with Crippen LogP contribution < -0.4 is 0 Å². The Hall–Kier alpha value is -1.75. The topological polar surface area (TPSA) is 81.0 Å². The molecule has 2 atom stereocenters. The minimum atomic E-state index is -0.467. The van der Waals surface area contributed by atoms with Crippen molar-refractivity contribution in [1.82, 2.24) is 4.90 Å². The maximum Gasteiger partial charge on any atom is 0.258 e. The van der Waals surface area contributed by atoms with Gasteiger partial charge in [0.25, 0.3) is 5.91 Å². The first kappa shape index (κ1) is 14.7. The Morgan fingerprint density at radius 1 is 1.40 bits per heavy atom. The van der Waals surface area contributed by atoms with E-state index >= 15 is 0 Å². The number of carbonyl (C=O) groups is 1. The molecular formula is C15H21NO4. The number of hydrogen-bond acceptors (Lipinski definition) is 4. The summed E-state index contributed by atoms with van der Waals surface area (Å²) in [6.45, 7) is 2.33. The third-order valence-corrected chi connectivity index (χ3v) is 3.75. The predicted octanol–water partition coefficient (Wildman–Crippen LogP) is 1.86. The van der Waals surface area contributed by atoms with Crippen LogP contribution in [0.1, 0.15) is 43.0 Å². The van der Waals surface area contributed by atoms with Crippen molar-refractivity contribution >= 4 is 5.91 Å². The Morgan fingerprint density at radius 3 is 2.85 bits per heavy atom. The Labute approximate surface area is 118 Å². The number of amides is 1. The highest BCUT2D eigenvalue weighted by atomic mass is 16.3. The number of nitrogens with zero attached hydrogens (tertiary/aromatic N) is 1. The van der Waals surface area contributed by atoms with E-state index < -0.39 is 6.10 Å². The van der Waals surface area contributed by atoms with Crippen LogP contribution >= 0.6 is 0 Å². The molecule has 1 aliphatic heterocycles. The van der Waals surface area contributed by atoms with Gasteiger partial charge >= 0.3 is 0 Å². The molecule has 3 N–H and O–H groups in total. The smallest absolute Gasteiger partial charge is 0.258 e. The molecule has 0 spiro atoms. The average Bonchev–Trinajstić information content (AvgIpc) is 2.41. The molecule has 1 saturated heterocycles. The average molecular weight is 279 g/mol. The van der Waals surface area contributed by atoms with Crippen molar-refractivity contribution in [3.63, 3.8) is 0 Å². The van der Waals surface area contributed by atoms with E-state index in [4.69, 9.17) is 0 Å². The molecule has 1 heterocycles. The summed E-state index contributed by atoms with van der Waals surface area (Å²) in [6, 6.07) is 4.37. The summed E-state index contributed by atoms with van der Waals surface area (Å²) in [5, 5.41) is 28.9. The highest BCUT2D eigenvalue weighted by Gasteiger charge is 2.29. The fourth-order valence-corrected chi connectivity index (χ4v) is 2.77. The standard InChI is InChI=1S/C15H21NO4/c1-10(17)9-11-5-2-3-8-16(11)15(20)12-6-4-7-13(18)14(12)19/h4,6-7,10-11,17-19H,2-3,5,8-9H2,1H3. The van der Waals surface area contributed by atoms with Gasteiger partial charge in [-0.05, 0) is 44.7 Å². The molecule has 1 aromatic carbocycles. The van der Waals surface area contributed by atoms with Gasteiger partial charge in [0.05, 0.1) is 11.7 Å². The van der Waals surface area contributed by atoms with E-state index in [1.807, 2.05) is 0 Å². The zero-order valence-electron chi connectivity index (χ0n) is 11.6. The number of para-hydroxylation sites is 1. The van der Waals surface area contributed by atoms with E-state index in [2.05, 4.69) is 0 Å². The summed E-state index contributed by atoms with van der Waals surface area (Å²) in [7, 11) is 0. The van der Waals surface area contributed by atoms with Crippen molar-refractivity contribution in [3.05, 3.63) is 23.8 Å². The summed E-state index contributed by atoms with van der Waals surface area (Å²) in [4.78, 5) is 14.2. The number of aliphatic hydroxyl groups excluding tert-OH is 1. The molecule has 20 heavy (non-hydrogen) atoms. The zero-order chi connectivity index (χ0) is 14.7. The highest BCUT2D eigenvalue weighted by molar-refractivity contribution is 5.97. The van der Waals surface area contributed by atoms with Crippen LogP contribution in [0.3, 0.4) is 0 Å². The van der Waals surface area contributed by atoms with Gasteiger partial charge in [-0.3, -0.25) is 4.79 Å². The molecule has 0 aliphatic carbocycles. The molecule has 5 heteroatoms. The van der Waals surface area contributed by atoms with Crippen LogP contribution in [0, 0.1) is 0 Å². The Balaban J connectivity index is 2.23. The summed E-state index contributed by atoms with van der Waals surface area (Å²) in [5.41, 5.74) is 0.113. The quantitative estimate of drug-likeness (QED) is 0.738. The van der Waals surface area contributed by atoms with Gasteiger partial charge in [0.15, 0.2) is 11.5 Å². The van der Waals surface area contributed by atoms with E-state index in [1.54, 1.807) is 11.8 Å². The first-order chi connectivity index (χ1) is 9.50. The van der Waals surface area contributed by atoms with Crippen LogP contribution in [0.15, 0.2) is 18.2 Å². The summed E-state index contributed by atoms with van der Waals surface area (Å²) >= 11 is 0. The third kappa shape index (κ3) is 3.04. The second kappa shape index (κ2) is 6.13. The minimum Gasteiger partial charge on any atom is -0.504 e. The number of phenols is 2. The van der Waals surface area contributed by atoms with Gasteiger partial charge in [-0.25, -0.2) is 0 Å². The van der Waals surface area contributed by atoms with Crippen LogP contribution in [0.25, 0.3) is 0 Å². The molecule has 110 valence electrons. The molecule has 0 aromatic heterocycles. The molecule has 0 bridgehead atoms. The fourth-order valence-electron chi connectivity index (χ4n) is 2.77. The maximum absolute atomic E-state index is 12.5. The number of rotatable bonds is 3. The number of piperidine rings is 1. The molecule has 5 nitrogen and oxygen atoms in total. The number of hydrogen-bond donors (Lipinski definition) is 3. The fraction of sp³-hybridized carbons (Fsp3) is 0.533. The van der Waals surface area contributed by atoms with E-state index in [1.165, 1.54) is 18.2 Å². The zero-order valence-corrected chi connectivity index (χ0v) is 11.6. The van der Waals surface area contributed by atoms with Gasteiger partial charge in [-0.1, -0.05) is 6.07 Å². The monoisotopic (exact) mass is 279 g/mol. The lowest BCUT2D eigenvalue weighted by Gasteiger charge is -2.36. The van der Waals surface area contributed by atoms with Gasteiger partial charge in [0.2, 0.25) is 0 Å². The first-order valence-corrected chi connectivity index (χ1v) is 7.00. The molecule has 0 saturated carbocycles. The highest BCUT2D eigenvalue weighted by Crippen LogP contribution is 2.31. The maximum atomic E-state index is 12.5. The molecule has 0 radical (unpaired) electrons. The third-order valence-electron chi connectivity index (χ3n) is 3.75. The number of benzene rings is 1. The Bertz CT molecular complexity index is 487. The first-order valence-electron chi connectivity index (χ1n) is 7.00. The molecule has 1 amide bonds. The van der Waals surface area contributed by atoms with Crippen LogP contribution in [0.5, 0.6) is 11.5 Å². The van der Waals surface area contributed by atoms with Crippen molar-refractivity contribution in [1.29, 1.82) is 0 Å². The van der Waals surface area contributed by atoms with Crippen molar-refractivity contribution in [2.24, 2.45) is 0 Å². The van der Waals surface area contributed by atoms with Crippen molar-refractivity contribution < 1.29 is 20.1 Å². The molecular weight excluding hydrogens is 258 g/mol. The van der Waals surface area contributed by atoms with Crippen molar-refractivity contribution in [2.45, 2.75) is 44.8 Å². The van der Waals surface area contributed by atoms with E-state index in [9.17, 15) is 20.1 Å². The molecule has 1 aliphatic rings. The summed E-state index contributed by atoms with van der Waals surface area (Å²) in [5.74, 6) is -0.956. The molecule has 2 rings (SSSR count). The van der Waals surface area contributed by atoms with Gasteiger partial charge in [-0.2, -0.15) is 0 Å². The summed E-state index contributed by atoms with van der Waals surface area (Å²) < 4.78 is 0. The van der Waals surface area contributed by atoms with E-state index in [0.29, 0.717) is 13.0 Å². The van der Waals surface area contributed by atoms with Gasteiger partial charge in [0, 0.05) is 12.6 Å². The predicted molar refractivity (Wildman–Crippen MR) is 74.7 cm³/mol. The summed E-state index contributed by atoms with van der Waals surface area (Å²) in [6.07, 6.45) is 2.88. The van der Waals surface area contributed by atoms with Crippen LogP contribution in [0.2, 0.25) is 0 Å². The minimum absolute atomic E-state index is 0.0157. The van der Waals surface area contributed by atoms with Crippen molar-refractivity contribution in [2.75, 3.05) is 6.54 Å². The normalized spacial score (nSPS) is 20.7. The van der Waals surface area contributed by atoms with Crippen molar-refractivity contribution in [3.8, 4) is 11.5 Å². The second-order valence-electron chi connectivity index (χ2n) is 5.41. The lowest BCUT2D eigenvalue weighted by Crippen LogP contribution is -2.45. The lowest BCUT2D eigenvalue weighted by molar-refractivity contribution is 0.0511. The van der Waals surface area contributed by atoms with E-state index in [0.717, 1.165) is 19.3 Å². The van der Waals surface area contributed by atoms with Crippen LogP contribution in [-0.2, 0) is 0 Å². The number of aliphatic hydroxyl groups is 1. The van der Waals surface area contributed by atoms with Gasteiger partial charge in [0.1, 0.15) is 0 Å². The lowest BCUT2D eigenvalue weighted by atomic mass is 9.96. The largest absolute Gasteiger partial charge is 0.504 e. The number of likely N-dealkylation sites (tertiary alicyclic amines) is 1.